The number of aliphatic hydroxyl groups is 1. The lowest BCUT2D eigenvalue weighted by Crippen LogP contribution is -2.37. The van der Waals surface area contributed by atoms with Gasteiger partial charge < -0.3 is 10.8 Å². The molecule has 1 aromatic carbocycles. The molecule has 0 aliphatic heterocycles. The SMILES string of the molecule is Cn1nc(-c2ccccc2)cc1C(C)(CN)CO. The number of rotatable bonds is 4. The second kappa shape index (κ2) is 4.92. The summed E-state index contributed by atoms with van der Waals surface area (Å²) in [5, 5.41) is 14.0. The van der Waals surface area contributed by atoms with Crippen molar-refractivity contribution in [2.24, 2.45) is 12.8 Å². The minimum atomic E-state index is -0.450. The van der Waals surface area contributed by atoms with Crippen LogP contribution >= 0.6 is 0 Å². The van der Waals surface area contributed by atoms with Crippen molar-refractivity contribution in [2.45, 2.75) is 12.3 Å². The summed E-state index contributed by atoms with van der Waals surface area (Å²) in [6, 6.07) is 12.0. The van der Waals surface area contributed by atoms with Gasteiger partial charge in [-0.3, -0.25) is 4.68 Å². The van der Waals surface area contributed by atoms with Gasteiger partial charge in [0.1, 0.15) is 0 Å². The summed E-state index contributed by atoms with van der Waals surface area (Å²) in [5.41, 5.74) is 8.24. The summed E-state index contributed by atoms with van der Waals surface area (Å²) in [6.07, 6.45) is 0. The molecule has 4 nitrogen and oxygen atoms in total. The van der Waals surface area contributed by atoms with Gasteiger partial charge in [0.15, 0.2) is 0 Å². The highest BCUT2D eigenvalue weighted by atomic mass is 16.3. The Balaban J connectivity index is 2.45. The van der Waals surface area contributed by atoms with Gasteiger partial charge in [-0.2, -0.15) is 5.10 Å². The highest BCUT2D eigenvalue weighted by Gasteiger charge is 2.28. The third-order valence-corrected chi connectivity index (χ3v) is 3.37. The predicted octanol–water partition coefficient (Wildman–Crippen LogP) is 1.30. The van der Waals surface area contributed by atoms with E-state index in [9.17, 15) is 5.11 Å². The molecule has 1 heterocycles. The zero-order valence-electron chi connectivity index (χ0n) is 10.8. The zero-order valence-corrected chi connectivity index (χ0v) is 10.8. The van der Waals surface area contributed by atoms with Crippen molar-refractivity contribution >= 4 is 0 Å². The van der Waals surface area contributed by atoms with E-state index in [0.717, 1.165) is 17.0 Å². The monoisotopic (exact) mass is 245 g/mol. The predicted molar refractivity (Wildman–Crippen MR) is 72.1 cm³/mol. The quantitative estimate of drug-likeness (QED) is 0.853. The molecule has 0 spiro atoms. The molecule has 2 aromatic rings. The van der Waals surface area contributed by atoms with E-state index < -0.39 is 5.41 Å². The average Bonchev–Trinajstić information content (AvgIpc) is 2.81. The molecule has 1 aromatic heterocycles. The Morgan fingerprint density at radius 3 is 2.56 bits per heavy atom. The van der Waals surface area contributed by atoms with Crippen LogP contribution in [0.5, 0.6) is 0 Å². The second-order valence-corrected chi connectivity index (χ2v) is 4.83. The van der Waals surface area contributed by atoms with Crippen LogP contribution in [-0.4, -0.2) is 28.0 Å². The van der Waals surface area contributed by atoms with Crippen molar-refractivity contribution in [3.05, 3.63) is 42.1 Å². The molecule has 0 amide bonds. The minimum Gasteiger partial charge on any atom is -0.395 e. The molecule has 0 bridgehead atoms. The van der Waals surface area contributed by atoms with E-state index in [1.54, 1.807) is 4.68 Å². The standard InChI is InChI=1S/C14H19N3O/c1-14(9-15,10-18)13-8-12(16-17(13)2)11-6-4-3-5-7-11/h3-8,18H,9-10,15H2,1-2H3. The van der Waals surface area contributed by atoms with Crippen LogP contribution in [0.2, 0.25) is 0 Å². The number of hydrogen-bond donors (Lipinski definition) is 2. The Bertz CT molecular complexity index is 515. The summed E-state index contributed by atoms with van der Waals surface area (Å²) in [4.78, 5) is 0. The molecule has 4 heteroatoms. The van der Waals surface area contributed by atoms with Gasteiger partial charge in [-0.05, 0) is 6.07 Å². The van der Waals surface area contributed by atoms with Crippen molar-refractivity contribution in [2.75, 3.05) is 13.2 Å². The largest absolute Gasteiger partial charge is 0.395 e. The van der Waals surface area contributed by atoms with Gasteiger partial charge >= 0.3 is 0 Å². The Morgan fingerprint density at radius 1 is 1.33 bits per heavy atom. The first-order valence-corrected chi connectivity index (χ1v) is 6.01. The minimum absolute atomic E-state index is 0.0112. The molecule has 0 aliphatic carbocycles. The molecule has 1 atom stereocenters. The fourth-order valence-corrected chi connectivity index (χ4v) is 2.03. The number of aromatic nitrogens is 2. The van der Waals surface area contributed by atoms with E-state index in [1.807, 2.05) is 50.4 Å². The van der Waals surface area contributed by atoms with E-state index in [0.29, 0.717) is 6.54 Å². The van der Waals surface area contributed by atoms with E-state index in [4.69, 9.17) is 5.73 Å². The third kappa shape index (κ3) is 2.17. The van der Waals surface area contributed by atoms with Gasteiger partial charge in [-0.25, -0.2) is 0 Å². The van der Waals surface area contributed by atoms with Crippen molar-refractivity contribution in [1.82, 2.24) is 9.78 Å². The first-order chi connectivity index (χ1) is 8.60. The Morgan fingerprint density at radius 2 is 2.00 bits per heavy atom. The maximum absolute atomic E-state index is 9.52. The second-order valence-electron chi connectivity index (χ2n) is 4.83. The van der Waals surface area contributed by atoms with E-state index in [2.05, 4.69) is 5.10 Å². The van der Waals surface area contributed by atoms with Gasteiger partial charge in [0.25, 0.3) is 0 Å². The molecular weight excluding hydrogens is 226 g/mol. The fraction of sp³-hybridized carbons (Fsp3) is 0.357. The van der Waals surface area contributed by atoms with Gasteiger partial charge in [0, 0.05) is 30.3 Å². The first kappa shape index (κ1) is 12.8. The number of aryl methyl sites for hydroxylation is 1. The number of aliphatic hydroxyl groups excluding tert-OH is 1. The number of nitrogens with zero attached hydrogens (tertiary/aromatic N) is 2. The number of hydrogen-bond acceptors (Lipinski definition) is 3. The average molecular weight is 245 g/mol. The highest BCUT2D eigenvalue weighted by molar-refractivity contribution is 5.59. The topological polar surface area (TPSA) is 64.1 Å². The normalized spacial score (nSPS) is 14.4. The Kier molecular flexibility index (Phi) is 3.50. The van der Waals surface area contributed by atoms with Crippen LogP contribution in [-0.2, 0) is 12.5 Å². The van der Waals surface area contributed by atoms with Crippen molar-refractivity contribution in [3.8, 4) is 11.3 Å². The summed E-state index contributed by atoms with van der Waals surface area (Å²) in [5.74, 6) is 0. The molecule has 0 radical (unpaired) electrons. The number of nitrogens with two attached hydrogens (primary N) is 1. The first-order valence-electron chi connectivity index (χ1n) is 6.01. The van der Waals surface area contributed by atoms with Gasteiger partial charge in [0.2, 0.25) is 0 Å². The summed E-state index contributed by atoms with van der Waals surface area (Å²) in [6.45, 7) is 2.34. The third-order valence-electron chi connectivity index (χ3n) is 3.37. The summed E-state index contributed by atoms with van der Waals surface area (Å²) < 4.78 is 1.80. The highest BCUT2D eigenvalue weighted by Crippen LogP contribution is 2.26. The van der Waals surface area contributed by atoms with Crippen LogP contribution in [0.25, 0.3) is 11.3 Å². The van der Waals surface area contributed by atoms with Gasteiger partial charge in [-0.1, -0.05) is 37.3 Å². The lowest BCUT2D eigenvalue weighted by atomic mass is 9.87. The van der Waals surface area contributed by atoms with Crippen LogP contribution < -0.4 is 5.73 Å². The fourth-order valence-electron chi connectivity index (χ4n) is 2.03. The lowest BCUT2D eigenvalue weighted by molar-refractivity contribution is 0.203. The molecular formula is C14H19N3O. The van der Waals surface area contributed by atoms with Crippen LogP contribution in [0.4, 0.5) is 0 Å². The smallest absolute Gasteiger partial charge is 0.0926 e. The maximum Gasteiger partial charge on any atom is 0.0926 e. The molecule has 18 heavy (non-hydrogen) atoms. The van der Waals surface area contributed by atoms with Crippen molar-refractivity contribution in [1.29, 1.82) is 0 Å². The Hall–Kier alpha value is -1.65. The van der Waals surface area contributed by atoms with Crippen LogP contribution in [0.15, 0.2) is 36.4 Å². The van der Waals surface area contributed by atoms with Crippen LogP contribution in [0.3, 0.4) is 0 Å². The van der Waals surface area contributed by atoms with E-state index in [1.165, 1.54) is 0 Å². The molecule has 0 saturated carbocycles. The summed E-state index contributed by atoms with van der Waals surface area (Å²) >= 11 is 0. The van der Waals surface area contributed by atoms with Crippen LogP contribution in [0.1, 0.15) is 12.6 Å². The molecule has 1 unspecified atom stereocenters. The van der Waals surface area contributed by atoms with E-state index in [-0.39, 0.29) is 6.61 Å². The van der Waals surface area contributed by atoms with Crippen LogP contribution in [0, 0.1) is 0 Å². The maximum atomic E-state index is 9.52. The van der Waals surface area contributed by atoms with Gasteiger partial charge in [-0.15, -0.1) is 0 Å². The molecule has 0 fully saturated rings. The molecule has 0 saturated heterocycles. The summed E-state index contributed by atoms with van der Waals surface area (Å²) in [7, 11) is 1.88. The Labute approximate surface area is 107 Å². The zero-order chi connectivity index (χ0) is 13.2. The van der Waals surface area contributed by atoms with Crippen molar-refractivity contribution in [3.63, 3.8) is 0 Å². The molecule has 2 rings (SSSR count). The number of benzene rings is 1. The van der Waals surface area contributed by atoms with Gasteiger partial charge in [0.05, 0.1) is 12.3 Å². The van der Waals surface area contributed by atoms with Crippen molar-refractivity contribution < 1.29 is 5.11 Å². The lowest BCUT2D eigenvalue weighted by Gasteiger charge is -2.25. The molecule has 96 valence electrons. The van der Waals surface area contributed by atoms with E-state index >= 15 is 0 Å². The molecule has 0 aliphatic rings. The molecule has 3 N–H and O–H groups in total.